The van der Waals surface area contributed by atoms with Crippen molar-refractivity contribution in [3.05, 3.63) is 33.9 Å². The summed E-state index contributed by atoms with van der Waals surface area (Å²) >= 11 is 1.49. The Morgan fingerprint density at radius 3 is 2.91 bits per heavy atom. The number of amides is 1. The van der Waals surface area contributed by atoms with Crippen LogP contribution in [0.1, 0.15) is 34.0 Å². The van der Waals surface area contributed by atoms with Crippen LogP contribution in [0.15, 0.2) is 17.5 Å². The smallest absolute Gasteiger partial charge is 0.273 e. The van der Waals surface area contributed by atoms with Gasteiger partial charge in [-0.15, -0.1) is 16.4 Å². The Bertz CT molecular complexity index is 656. The average molecular weight is 318 g/mol. The molecule has 22 heavy (non-hydrogen) atoms. The summed E-state index contributed by atoms with van der Waals surface area (Å²) in [6.07, 6.45) is 1.78. The quantitative estimate of drug-likeness (QED) is 0.868. The second kappa shape index (κ2) is 6.39. The monoisotopic (exact) mass is 318 g/mol. The van der Waals surface area contributed by atoms with Gasteiger partial charge in [-0.1, -0.05) is 0 Å². The molecule has 0 radical (unpaired) electrons. The van der Waals surface area contributed by atoms with Gasteiger partial charge in [0.1, 0.15) is 11.8 Å². The first-order valence-electron chi connectivity index (χ1n) is 7.30. The van der Waals surface area contributed by atoms with Crippen LogP contribution in [0.3, 0.4) is 0 Å². The Morgan fingerprint density at radius 2 is 2.23 bits per heavy atom. The molecule has 0 spiro atoms. The van der Waals surface area contributed by atoms with Crippen molar-refractivity contribution in [1.29, 1.82) is 0 Å². The average Bonchev–Trinajstić information content (AvgIpc) is 2.96. The molecule has 0 aromatic carbocycles. The minimum absolute atomic E-state index is 0.0207. The van der Waals surface area contributed by atoms with Crippen molar-refractivity contribution in [2.45, 2.75) is 32.8 Å². The molecule has 0 saturated carbocycles. The van der Waals surface area contributed by atoms with Gasteiger partial charge in [-0.3, -0.25) is 4.79 Å². The van der Waals surface area contributed by atoms with Crippen molar-refractivity contribution in [2.24, 2.45) is 0 Å². The summed E-state index contributed by atoms with van der Waals surface area (Å²) in [5, 5.41) is 10.7. The Morgan fingerprint density at radius 1 is 1.36 bits per heavy atom. The van der Waals surface area contributed by atoms with E-state index in [1.807, 2.05) is 36.3 Å². The summed E-state index contributed by atoms with van der Waals surface area (Å²) in [5.74, 6) is 0.488. The first-order valence-corrected chi connectivity index (χ1v) is 8.18. The van der Waals surface area contributed by atoms with Gasteiger partial charge in [0.2, 0.25) is 5.88 Å². The maximum absolute atomic E-state index is 12.4. The van der Waals surface area contributed by atoms with Gasteiger partial charge in [-0.05, 0) is 32.8 Å². The standard InChI is InChI=1S/C15H18N4O2S/c1-10-5-6-14(18-17-10)21-12-4-3-7-19(8-12)15(20)13-9-22-11(2)16-13/h5-6,9,12H,3-4,7-8H2,1-2H3. The van der Waals surface area contributed by atoms with E-state index < -0.39 is 0 Å². The highest BCUT2D eigenvalue weighted by Gasteiger charge is 2.27. The maximum Gasteiger partial charge on any atom is 0.273 e. The van der Waals surface area contributed by atoms with Gasteiger partial charge >= 0.3 is 0 Å². The van der Waals surface area contributed by atoms with Crippen LogP contribution >= 0.6 is 11.3 Å². The number of hydrogen-bond donors (Lipinski definition) is 0. The first kappa shape index (κ1) is 14.9. The van der Waals surface area contributed by atoms with Crippen LogP contribution in [0.2, 0.25) is 0 Å². The van der Waals surface area contributed by atoms with E-state index in [2.05, 4.69) is 15.2 Å². The van der Waals surface area contributed by atoms with Gasteiger partial charge < -0.3 is 9.64 Å². The van der Waals surface area contributed by atoms with E-state index in [0.717, 1.165) is 30.1 Å². The number of hydrogen-bond acceptors (Lipinski definition) is 6. The third kappa shape index (κ3) is 3.41. The molecule has 1 fully saturated rings. The number of aryl methyl sites for hydroxylation is 2. The van der Waals surface area contributed by atoms with Gasteiger partial charge in [0, 0.05) is 18.0 Å². The van der Waals surface area contributed by atoms with Crippen LogP contribution < -0.4 is 4.74 Å². The van der Waals surface area contributed by atoms with Crippen molar-refractivity contribution in [2.75, 3.05) is 13.1 Å². The number of rotatable bonds is 3. The number of piperidine rings is 1. The molecule has 1 atom stereocenters. The Kier molecular flexibility index (Phi) is 4.33. The second-order valence-corrected chi connectivity index (χ2v) is 6.46. The fourth-order valence-electron chi connectivity index (χ4n) is 2.46. The maximum atomic E-state index is 12.4. The van der Waals surface area contributed by atoms with Gasteiger partial charge in [-0.25, -0.2) is 4.98 Å². The van der Waals surface area contributed by atoms with E-state index in [1.165, 1.54) is 11.3 Å². The highest BCUT2D eigenvalue weighted by molar-refractivity contribution is 7.09. The van der Waals surface area contributed by atoms with Crippen LogP contribution in [0, 0.1) is 13.8 Å². The molecule has 1 aliphatic rings. The number of carbonyl (C=O) groups excluding carboxylic acids is 1. The Balaban J connectivity index is 1.63. The SMILES string of the molecule is Cc1ccc(OC2CCCN(C(=O)c3csc(C)n3)C2)nn1. The number of carbonyl (C=O) groups is 1. The number of ether oxygens (including phenoxy) is 1. The molecule has 0 aliphatic carbocycles. The van der Waals surface area contributed by atoms with Crippen LogP contribution in [0.5, 0.6) is 5.88 Å². The Hall–Kier alpha value is -2.02. The lowest BCUT2D eigenvalue weighted by atomic mass is 10.1. The predicted octanol–water partition coefficient (Wildman–Crippen LogP) is 2.23. The van der Waals surface area contributed by atoms with E-state index in [4.69, 9.17) is 4.74 Å². The van der Waals surface area contributed by atoms with Crippen LogP contribution in [0.25, 0.3) is 0 Å². The molecule has 1 amide bonds. The highest BCUT2D eigenvalue weighted by Crippen LogP contribution is 2.19. The molecular formula is C15H18N4O2S. The molecule has 7 heteroatoms. The minimum atomic E-state index is -0.0468. The van der Waals surface area contributed by atoms with E-state index in [1.54, 1.807) is 0 Å². The van der Waals surface area contributed by atoms with Crippen molar-refractivity contribution >= 4 is 17.2 Å². The van der Waals surface area contributed by atoms with Gasteiger partial charge in [-0.2, -0.15) is 5.10 Å². The molecule has 1 aliphatic heterocycles. The molecule has 1 saturated heterocycles. The third-order valence-corrected chi connectivity index (χ3v) is 4.34. The van der Waals surface area contributed by atoms with E-state index in [-0.39, 0.29) is 12.0 Å². The summed E-state index contributed by atoms with van der Waals surface area (Å²) in [6, 6.07) is 3.68. The number of thiazole rings is 1. The molecule has 3 rings (SSSR count). The van der Waals surface area contributed by atoms with E-state index in [9.17, 15) is 4.79 Å². The molecule has 3 heterocycles. The molecule has 2 aromatic rings. The summed E-state index contributed by atoms with van der Waals surface area (Å²) in [6.45, 7) is 5.09. The lowest BCUT2D eigenvalue weighted by Gasteiger charge is -2.32. The summed E-state index contributed by atoms with van der Waals surface area (Å²) in [5.41, 5.74) is 1.38. The van der Waals surface area contributed by atoms with Crippen molar-refractivity contribution < 1.29 is 9.53 Å². The molecule has 0 bridgehead atoms. The zero-order valence-corrected chi connectivity index (χ0v) is 13.5. The van der Waals surface area contributed by atoms with Crippen molar-refractivity contribution in [3.63, 3.8) is 0 Å². The van der Waals surface area contributed by atoms with Crippen molar-refractivity contribution in [3.8, 4) is 5.88 Å². The first-order chi connectivity index (χ1) is 10.6. The topological polar surface area (TPSA) is 68.2 Å². The molecule has 116 valence electrons. The summed E-state index contributed by atoms with van der Waals surface area (Å²) < 4.78 is 5.85. The summed E-state index contributed by atoms with van der Waals surface area (Å²) in [7, 11) is 0. The largest absolute Gasteiger partial charge is 0.471 e. The lowest BCUT2D eigenvalue weighted by Crippen LogP contribution is -2.44. The van der Waals surface area contributed by atoms with Crippen LogP contribution in [-0.4, -0.2) is 45.2 Å². The van der Waals surface area contributed by atoms with Crippen molar-refractivity contribution in [1.82, 2.24) is 20.1 Å². The molecule has 6 nitrogen and oxygen atoms in total. The second-order valence-electron chi connectivity index (χ2n) is 5.40. The number of likely N-dealkylation sites (tertiary alicyclic amines) is 1. The van der Waals surface area contributed by atoms with E-state index in [0.29, 0.717) is 18.1 Å². The molecule has 1 unspecified atom stereocenters. The zero-order valence-electron chi connectivity index (χ0n) is 12.7. The minimum Gasteiger partial charge on any atom is -0.471 e. The van der Waals surface area contributed by atoms with Crippen LogP contribution in [-0.2, 0) is 0 Å². The Labute approximate surface area is 133 Å². The van der Waals surface area contributed by atoms with Crippen LogP contribution in [0.4, 0.5) is 0 Å². The number of aromatic nitrogens is 3. The fourth-order valence-corrected chi connectivity index (χ4v) is 3.05. The van der Waals surface area contributed by atoms with Gasteiger partial charge in [0.15, 0.2) is 0 Å². The zero-order chi connectivity index (χ0) is 15.5. The molecule has 0 N–H and O–H groups in total. The third-order valence-electron chi connectivity index (χ3n) is 3.56. The normalized spacial score (nSPS) is 18.3. The molecular weight excluding hydrogens is 300 g/mol. The fraction of sp³-hybridized carbons (Fsp3) is 0.467. The number of nitrogens with zero attached hydrogens (tertiary/aromatic N) is 4. The predicted molar refractivity (Wildman–Crippen MR) is 83.2 cm³/mol. The summed E-state index contributed by atoms with van der Waals surface area (Å²) in [4.78, 5) is 18.5. The van der Waals surface area contributed by atoms with E-state index >= 15 is 0 Å². The molecule has 2 aromatic heterocycles. The highest BCUT2D eigenvalue weighted by atomic mass is 32.1. The van der Waals surface area contributed by atoms with Gasteiger partial charge in [0.05, 0.1) is 17.2 Å². The van der Waals surface area contributed by atoms with Gasteiger partial charge in [0.25, 0.3) is 5.91 Å². The lowest BCUT2D eigenvalue weighted by molar-refractivity contribution is 0.0521.